The molecule has 0 saturated heterocycles. The predicted molar refractivity (Wildman–Crippen MR) is 58.3 cm³/mol. The molecule has 7 nitrogen and oxygen atoms in total. The molecule has 0 aliphatic rings. The Morgan fingerprint density at radius 3 is 2.50 bits per heavy atom. The molecule has 0 aliphatic heterocycles. The number of nitro groups is 1. The van der Waals surface area contributed by atoms with E-state index in [1.165, 1.54) is 0 Å². The molecule has 0 radical (unpaired) electrons. The number of nitrogens with two attached hydrogens (primary N) is 2. The predicted octanol–water partition coefficient (Wildman–Crippen LogP) is 1.20. The van der Waals surface area contributed by atoms with Crippen LogP contribution in [0.4, 0.5) is 17.1 Å². The Morgan fingerprint density at radius 2 is 2.06 bits per heavy atom. The lowest BCUT2D eigenvalue weighted by atomic mass is 10.1. The van der Waals surface area contributed by atoms with Crippen molar-refractivity contribution in [2.75, 3.05) is 18.6 Å². The van der Waals surface area contributed by atoms with Crippen LogP contribution in [0.2, 0.25) is 5.02 Å². The molecule has 8 heteroatoms. The Balaban J connectivity index is 3.53. The third kappa shape index (κ3) is 1.84. The number of benzene rings is 1. The zero-order chi connectivity index (χ0) is 12.5. The number of hydrogen-bond donors (Lipinski definition) is 2. The molecule has 1 rings (SSSR count). The minimum atomic E-state index is -0.817. The summed E-state index contributed by atoms with van der Waals surface area (Å²) < 4.78 is 4.41. The quantitative estimate of drug-likeness (QED) is 0.349. The minimum Gasteiger partial charge on any atom is -0.465 e. The summed E-state index contributed by atoms with van der Waals surface area (Å²) in [4.78, 5) is 21.1. The smallest absolute Gasteiger partial charge is 0.340 e. The molecule has 1 aromatic carbocycles. The van der Waals surface area contributed by atoms with Crippen molar-refractivity contribution in [3.05, 3.63) is 26.8 Å². The Labute approximate surface area is 95.1 Å². The number of halogens is 1. The molecule has 0 spiro atoms. The molecule has 0 aromatic heterocycles. The number of rotatable bonds is 2. The van der Waals surface area contributed by atoms with Gasteiger partial charge in [0.05, 0.1) is 28.3 Å². The number of methoxy groups -OCH3 is 1. The van der Waals surface area contributed by atoms with Crippen molar-refractivity contribution in [1.29, 1.82) is 0 Å². The van der Waals surface area contributed by atoms with Crippen LogP contribution in [-0.4, -0.2) is 18.0 Å². The van der Waals surface area contributed by atoms with Crippen LogP contribution < -0.4 is 11.5 Å². The van der Waals surface area contributed by atoms with E-state index in [0.29, 0.717) is 0 Å². The molecule has 0 amide bonds. The van der Waals surface area contributed by atoms with Gasteiger partial charge in [0.15, 0.2) is 0 Å². The van der Waals surface area contributed by atoms with Gasteiger partial charge in [0, 0.05) is 6.07 Å². The molecular formula is C8H8ClN3O4. The van der Waals surface area contributed by atoms with E-state index in [2.05, 4.69) is 4.74 Å². The van der Waals surface area contributed by atoms with Crippen LogP contribution in [0.15, 0.2) is 6.07 Å². The molecule has 1 aromatic rings. The Hall–Kier alpha value is -2.02. The first-order valence-electron chi connectivity index (χ1n) is 4.00. The van der Waals surface area contributed by atoms with Crippen molar-refractivity contribution in [1.82, 2.24) is 0 Å². The molecular weight excluding hydrogens is 238 g/mol. The topological polar surface area (TPSA) is 121 Å². The molecule has 0 bridgehead atoms. The van der Waals surface area contributed by atoms with Crippen LogP contribution in [0.1, 0.15) is 10.4 Å². The van der Waals surface area contributed by atoms with Crippen molar-refractivity contribution in [2.24, 2.45) is 0 Å². The fraction of sp³-hybridized carbons (Fsp3) is 0.125. The van der Waals surface area contributed by atoms with Crippen LogP contribution in [0, 0.1) is 10.1 Å². The van der Waals surface area contributed by atoms with Crippen molar-refractivity contribution in [2.45, 2.75) is 0 Å². The van der Waals surface area contributed by atoms with Crippen LogP contribution >= 0.6 is 11.6 Å². The van der Waals surface area contributed by atoms with E-state index in [9.17, 15) is 14.9 Å². The monoisotopic (exact) mass is 245 g/mol. The van der Waals surface area contributed by atoms with Crippen LogP contribution in [-0.2, 0) is 4.74 Å². The maximum atomic E-state index is 11.2. The van der Waals surface area contributed by atoms with Gasteiger partial charge in [0.2, 0.25) is 0 Å². The third-order valence-corrected chi connectivity index (χ3v) is 2.33. The number of nitro benzene ring substituents is 1. The highest BCUT2D eigenvalue weighted by molar-refractivity contribution is 6.37. The molecule has 0 unspecified atom stereocenters. The van der Waals surface area contributed by atoms with E-state index in [1.807, 2.05) is 0 Å². The van der Waals surface area contributed by atoms with Gasteiger partial charge in [-0.25, -0.2) is 4.79 Å². The number of anilines is 2. The first kappa shape index (κ1) is 12.1. The standard InChI is InChI=1S/C8H8ClN3O4/c1-16-8(13)3-2-4(12(14)15)7(11)5(9)6(3)10/h2H,10-11H2,1H3. The second-order valence-electron chi connectivity index (χ2n) is 2.83. The summed E-state index contributed by atoms with van der Waals surface area (Å²) in [6.07, 6.45) is 0. The Morgan fingerprint density at radius 1 is 1.50 bits per heavy atom. The van der Waals surface area contributed by atoms with E-state index in [1.54, 1.807) is 0 Å². The number of nitrogens with zero attached hydrogens (tertiary/aromatic N) is 1. The summed E-state index contributed by atoms with van der Waals surface area (Å²) >= 11 is 5.67. The zero-order valence-corrected chi connectivity index (χ0v) is 8.95. The molecule has 0 fully saturated rings. The number of esters is 1. The van der Waals surface area contributed by atoms with Crippen molar-refractivity contribution >= 4 is 34.6 Å². The average Bonchev–Trinajstić information content (AvgIpc) is 2.25. The van der Waals surface area contributed by atoms with E-state index in [0.717, 1.165) is 13.2 Å². The lowest BCUT2D eigenvalue weighted by Gasteiger charge is -2.08. The summed E-state index contributed by atoms with van der Waals surface area (Å²) in [5, 5.41) is 10.4. The van der Waals surface area contributed by atoms with E-state index < -0.39 is 16.6 Å². The van der Waals surface area contributed by atoms with Crippen LogP contribution in [0.25, 0.3) is 0 Å². The number of hydrogen-bond acceptors (Lipinski definition) is 6. The maximum absolute atomic E-state index is 11.2. The van der Waals surface area contributed by atoms with Crippen LogP contribution in [0.3, 0.4) is 0 Å². The first-order valence-corrected chi connectivity index (χ1v) is 4.38. The number of nitrogen functional groups attached to an aromatic ring is 2. The minimum absolute atomic E-state index is 0.142. The maximum Gasteiger partial charge on any atom is 0.340 e. The summed E-state index contributed by atoms with van der Waals surface area (Å²) in [7, 11) is 1.12. The average molecular weight is 246 g/mol. The molecule has 86 valence electrons. The van der Waals surface area contributed by atoms with Crippen molar-refractivity contribution in [3.8, 4) is 0 Å². The normalized spacial score (nSPS) is 9.88. The van der Waals surface area contributed by atoms with Gasteiger partial charge in [0.1, 0.15) is 5.69 Å². The van der Waals surface area contributed by atoms with Gasteiger partial charge in [-0.2, -0.15) is 0 Å². The number of carbonyl (C=O) groups is 1. The summed E-state index contributed by atoms with van der Waals surface area (Å²) in [6.45, 7) is 0. The van der Waals surface area contributed by atoms with Gasteiger partial charge < -0.3 is 16.2 Å². The van der Waals surface area contributed by atoms with E-state index >= 15 is 0 Å². The van der Waals surface area contributed by atoms with Crippen molar-refractivity contribution < 1.29 is 14.5 Å². The zero-order valence-electron chi connectivity index (χ0n) is 8.19. The SMILES string of the molecule is COC(=O)c1cc([N+](=O)[O-])c(N)c(Cl)c1N. The highest BCUT2D eigenvalue weighted by Crippen LogP contribution is 2.36. The van der Waals surface area contributed by atoms with E-state index in [-0.39, 0.29) is 22.0 Å². The van der Waals surface area contributed by atoms with Gasteiger partial charge in [-0.05, 0) is 0 Å². The number of carbonyl (C=O) groups excluding carboxylic acids is 1. The lowest BCUT2D eigenvalue weighted by molar-refractivity contribution is -0.383. The second kappa shape index (κ2) is 4.23. The number of ether oxygens (including phenoxy) is 1. The van der Waals surface area contributed by atoms with Gasteiger partial charge in [-0.1, -0.05) is 11.6 Å². The van der Waals surface area contributed by atoms with Gasteiger partial charge in [0.25, 0.3) is 5.69 Å². The first-order chi connectivity index (χ1) is 7.40. The summed E-state index contributed by atoms with van der Waals surface area (Å²) in [5.74, 6) is -0.817. The van der Waals surface area contributed by atoms with Gasteiger partial charge in [-0.3, -0.25) is 10.1 Å². The molecule has 0 heterocycles. The van der Waals surface area contributed by atoms with Gasteiger partial charge in [-0.15, -0.1) is 0 Å². The largest absolute Gasteiger partial charge is 0.465 e. The fourth-order valence-electron chi connectivity index (χ4n) is 1.10. The molecule has 16 heavy (non-hydrogen) atoms. The lowest BCUT2D eigenvalue weighted by Crippen LogP contribution is -2.09. The third-order valence-electron chi connectivity index (χ3n) is 1.92. The van der Waals surface area contributed by atoms with E-state index in [4.69, 9.17) is 23.1 Å². The molecule has 0 saturated carbocycles. The molecule has 0 aliphatic carbocycles. The van der Waals surface area contributed by atoms with Gasteiger partial charge >= 0.3 is 5.97 Å². The molecule has 0 atom stereocenters. The molecule has 4 N–H and O–H groups in total. The Kier molecular flexibility index (Phi) is 3.19. The van der Waals surface area contributed by atoms with Crippen LogP contribution in [0.5, 0.6) is 0 Å². The highest BCUT2D eigenvalue weighted by Gasteiger charge is 2.23. The highest BCUT2D eigenvalue weighted by atomic mass is 35.5. The van der Waals surface area contributed by atoms with Crippen molar-refractivity contribution in [3.63, 3.8) is 0 Å². The summed E-state index contributed by atoms with van der Waals surface area (Å²) in [5.41, 5.74) is 9.79. The summed E-state index contributed by atoms with van der Waals surface area (Å²) in [6, 6.07) is 0.933. The fourth-order valence-corrected chi connectivity index (χ4v) is 1.30. The second-order valence-corrected chi connectivity index (χ2v) is 3.21. The Bertz CT molecular complexity index is 475.